The van der Waals surface area contributed by atoms with E-state index in [9.17, 15) is 14.7 Å². The van der Waals surface area contributed by atoms with Crippen LogP contribution in [0.25, 0.3) is 0 Å². The molecule has 0 saturated heterocycles. The second-order valence-corrected chi connectivity index (χ2v) is 4.03. The minimum absolute atomic E-state index is 0.00773. The highest BCUT2D eigenvalue weighted by Crippen LogP contribution is 2.03. The van der Waals surface area contributed by atoms with Crippen LogP contribution in [0.3, 0.4) is 0 Å². The van der Waals surface area contributed by atoms with Crippen molar-refractivity contribution in [3.8, 4) is 0 Å². The second-order valence-electron chi connectivity index (χ2n) is 4.03. The maximum absolute atomic E-state index is 11.3. The van der Waals surface area contributed by atoms with E-state index in [0.29, 0.717) is 0 Å². The van der Waals surface area contributed by atoms with E-state index in [1.54, 1.807) is 0 Å². The summed E-state index contributed by atoms with van der Waals surface area (Å²) in [6.45, 7) is 1.89. The van der Waals surface area contributed by atoms with E-state index in [0.717, 1.165) is 12.0 Å². The van der Waals surface area contributed by atoms with Crippen molar-refractivity contribution < 1.29 is 14.7 Å². The largest absolute Gasteiger partial charge is 0.550 e. The van der Waals surface area contributed by atoms with Crippen LogP contribution in [0.15, 0.2) is 30.3 Å². The highest BCUT2D eigenvalue weighted by Gasteiger charge is 2.07. The highest BCUT2D eigenvalue weighted by atomic mass is 16.4. The number of aliphatic carboxylic acids is 1. The quantitative estimate of drug-likeness (QED) is 0.767. The average molecular weight is 234 g/mol. The molecule has 0 spiro atoms. The molecule has 1 aromatic carbocycles. The molecule has 0 fully saturated rings. The second kappa shape index (κ2) is 6.68. The third kappa shape index (κ3) is 5.70. The standard InChI is InChI=1S/C13H17NO3/c1-10(9-11-5-3-2-4-6-11)14-12(15)7-8-13(16)17/h2-6,10H,7-9H2,1H3,(H,14,15)(H,16,17)/p-1/t10-/m0/s1. The zero-order valence-corrected chi connectivity index (χ0v) is 9.81. The molecular formula is C13H16NO3-. The molecule has 0 aliphatic carbocycles. The molecule has 0 aliphatic heterocycles. The van der Waals surface area contributed by atoms with Crippen molar-refractivity contribution >= 4 is 11.9 Å². The lowest BCUT2D eigenvalue weighted by Gasteiger charge is -2.14. The van der Waals surface area contributed by atoms with Crippen molar-refractivity contribution in [2.24, 2.45) is 0 Å². The minimum Gasteiger partial charge on any atom is -0.550 e. The molecule has 1 amide bonds. The van der Waals surface area contributed by atoms with Gasteiger partial charge in [0, 0.05) is 18.4 Å². The average Bonchev–Trinajstić information content (AvgIpc) is 2.27. The molecule has 1 rings (SSSR count). The molecule has 4 heteroatoms. The summed E-state index contributed by atoms with van der Waals surface area (Å²) in [7, 11) is 0. The number of carboxylic acids is 1. The first-order valence-corrected chi connectivity index (χ1v) is 5.61. The summed E-state index contributed by atoms with van der Waals surface area (Å²) in [4.78, 5) is 21.5. The first-order chi connectivity index (χ1) is 8.08. The van der Waals surface area contributed by atoms with E-state index < -0.39 is 5.97 Å². The van der Waals surface area contributed by atoms with Crippen molar-refractivity contribution in [2.45, 2.75) is 32.2 Å². The molecule has 1 aromatic rings. The van der Waals surface area contributed by atoms with E-state index >= 15 is 0 Å². The van der Waals surface area contributed by atoms with Gasteiger partial charge >= 0.3 is 0 Å². The SMILES string of the molecule is C[C@@H](Cc1ccccc1)NC(=O)CCC(=O)[O-]. The van der Waals surface area contributed by atoms with Crippen LogP contribution < -0.4 is 10.4 Å². The van der Waals surface area contributed by atoms with Gasteiger partial charge in [0.15, 0.2) is 0 Å². The van der Waals surface area contributed by atoms with Crippen molar-refractivity contribution in [1.29, 1.82) is 0 Å². The molecule has 4 nitrogen and oxygen atoms in total. The van der Waals surface area contributed by atoms with Crippen LogP contribution in [0.5, 0.6) is 0 Å². The van der Waals surface area contributed by atoms with Crippen LogP contribution >= 0.6 is 0 Å². The van der Waals surface area contributed by atoms with Gasteiger partial charge in [0.05, 0.1) is 0 Å². The van der Waals surface area contributed by atoms with Crippen molar-refractivity contribution in [3.63, 3.8) is 0 Å². The molecule has 0 radical (unpaired) electrons. The number of amides is 1. The number of benzene rings is 1. The Hall–Kier alpha value is -1.84. The number of carboxylic acid groups (broad SMARTS) is 1. The van der Waals surface area contributed by atoms with Crippen LogP contribution in [0.4, 0.5) is 0 Å². The van der Waals surface area contributed by atoms with Gasteiger partial charge in [-0.2, -0.15) is 0 Å². The summed E-state index contributed by atoms with van der Waals surface area (Å²) in [5, 5.41) is 12.9. The van der Waals surface area contributed by atoms with Crippen LogP contribution in [0.2, 0.25) is 0 Å². The number of rotatable bonds is 6. The van der Waals surface area contributed by atoms with Gasteiger partial charge in [-0.15, -0.1) is 0 Å². The van der Waals surface area contributed by atoms with E-state index in [1.165, 1.54) is 0 Å². The Kier molecular flexibility index (Phi) is 5.20. The summed E-state index contributed by atoms with van der Waals surface area (Å²) < 4.78 is 0. The van der Waals surface area contributed by atoms with Crippen LogP contribution in [-0.2, 0) is 16.0 Å². The molecule has 1 atom stereocenters. The van der Waals surface area contributed by atoms with Gasteiger partial charge in [0.2, 0.25) is 5.91 Å². The third-order valence-corrected chi connectivity index (χ3v) is 2.35. The molecule has 1 N–H and O–H groups in total. The fourth-order valence-electron chi connectivity index (χ4n) is 1.58. The number of nitrogens with one attached hydrogen (secondary N) is 1. The Balaban J connectivity index is 2.32. The number of carbonyl (C=O) groups is 2. The molecule has 0 heterocycles. The van der Waals surface area contributed by atoms with Crippen LogP contribution in [0.1, 0.15) is 25.3 Å². The molecule has 0 unspecified atom stereocenters. The summed E-state index contributed by atoms with van der Waals surface area (Å²) in [5.74, 6) is -1.45. The Labute approximate surface area is 101 Å². The smallest absolute Gasteiger partial charge is 0.220 e. The van der Waals surface area contributed by atoms with Gasteiger partial charge in [-0.25, -0.2) is 0 Å². The normalized spacial score (nSPS) is 11.8. The Morgan fingerprint density at radius 1 is 1.24 bits per heavy atom. The predicted octanol–water partition coefficient (Wildman–Crippen LogP) is 0.264. The fraction of sp³-hybridized carbons (Fsp3) is 0.385. The van der Waals surface area contributed by atoms with Gasteiger partial charge in [-0.3, -0.25) is 4.79 Å². The van der Waals surface area contributed by atoms with E-state index in [-0.39, 0.29) is 24.8 Å². The lowest BCUT2D eigenvalue weighted by Crippen LogP contribution is -2.35. The first-order valence-electron chi connectivity index (χ1n) is 5.61. The molecule has 92 valence electrons. The highest BCUT2D eigenvalue weighted by molar-refractivity contribution is 5.80. The maximum Gasteiger partial charge on any atom is 0.220 e. The van der Waals surface area contributed by atoms with E-state index in [2.05, 4.69) is 5.32 Å². The summed E-state index contributed by atoms with van der Waals surface area (Å²) in [6.07, 6.45) is 0.475. The van der Waals surface area contributed by atoms with Crippen LogP contribution in [-0.4, -0.2) is 17.9 Å². The Morgan fingerprint density at radius 2 is 1.88 bits per heavy atom. The number of hydrogen-bond acceptors (Lipinski definition) is 3. The Morgan fingerprint density at radius 3 is 2.47 bits per heavy atom. The minimum atomic E-state index is -1.20. The third-order valence-electron chi connectivity index (χ3n) is 2.35. The molecule has 0 aliphatic rings. The molecule has 0 bridgehead atoms. The fourth-order valence-corrected chi connectivity index (χ4v) is 1.58. The lowest BCUT2D eigenvalue weighted by atomic mass is 10.1. The molecular weight excluding hydrogens is 218 g/mol. The number of hydrogen-bond donors (Lipinski definition) is 1. The maximum atomic E-state index is 11.3. The Bertz CT molecular complexity index is 376. The van der Waals surface area contributed by atoms with E-state index in [1.807, 2.05) is 37.3 Å². The summed E-state index contributed by atoms with van der Waals surface area (Å²) in [5.41, 5.74) is 1.14. The van der Waals surface area contributed by atoms with Gasteiger partial charge in [0.25, 0.3) is 0 Å². The van der Waals surface area contributed by atoms with Gasteiger partial charge in [-0.1, -0.05) is 30.3 Å². The first kappa shape index (κ1) is 13.2. The topological polar surface area (TPSA) is 69.2 Å². The predicted molar refractivity (Wildman–Crippen MR) is 62.0 cm³/mol. The van der Waals surface area contributed by atoms with Crippen molar-refractivity contribution in [1.82, 2.24) is 5.32 Å². The van der Waals surface area contributed by atoms with Gasteiger partial charge < -0.3 is 15.2 Å². The summed E-state index contributed by atoms with van der Waals surface area (Å²) in [6, 6.07) is 9.80. The molecule has 17 heavy (non-hydrogen) atoms. The monoisotopic (exact) mass is 234 g/mol. The lowest BCUT2D eigenvalue weighted by molar-refractivity contribution is -0.305. The zero-order chi connectivity index (χ0) is 12.7. The van der Waals surface area contributed by atoms with Gasteiger partial charge in [0.1, 0.15) is 0 Å². The summed E-state index contributed by atoms with van der Waals surface area (Å²) >= 11 is 0. The van der Waals surface area contributed by atoms with E-state index in [4.69, 9.17) is 0 Å². The molecule has 0 saturated carbocycles. The van der Waals surface area contributed by atoms with Crippen LogP contribution in [0, 0.1) is 0 Å². The van der Waals surface area contributed by atoms with Crippen molar-refractivity contribution in [3.05, 3.63) is 35.9 Å². The molecule has 0 aromatic heterocycles. The van der Waals surface area contributed by atoms with Gasteiger partial charge in [-0.05, 0) is 25.3 Å². The van der Waals surface area contributed by atoms with Crippen molar-refractivity contribution in [2.75, 3.05) is 0 Å². The number of carbonyl (C=O) groups excluding carboxylic acids is 2. The zero-order valence-electron chi connectivity index (χ0n) is 9.81.